The molecule has 0 spiro atoms. The second kappa shape index (κ2) is 5.05. The van der Waals surface area contributed by atoms with Crippen molar-refractivity contribution in [1.82, 2.24) is 9.55 Å². The van der Waals surface area contributed by atoms with Crippen LogP contribution in [0.25, 0.3) is 0 Å². The van der Waals surface area contributed by atoms with Crippen molar-refractivity contribution in [3.8, 4) is 5.88 Å². The molecule has 2 heterocycles. The van der Waals surface area contributed by atoms with Gasteiger partial charge in [0.05, 0.1) is 19.8 Å². The Bertz CT molecular complexity index is 577. The number of nitrogens with zero attached hydrogens (tertiary/aromatic N) is 2. The van der Waals surface area contributed by atoms with Gasteiger partial charge in [-0.15, -0.1) is 0 Å². The lowest BCUT2D eigenvalue weighted by atomic mass is 9.93. The SMILES string of the molecule is COc1ncccc1Cn1cc2c(c1)C(O)CCC2. The lowest BCUT2D eigenvalue weighted by Gasteiger charge is -2.16. The van der Waals surface area contributed by atoms with Gasteiger partial charge in [0.15, 0.2) is 0 Å². The van der Waals surface area contributed by atoms with Crippen molar-refractivity contribution in [2.45, 2.75) is 31.9 Å². The highest BCUT2D eigenvalue weighted by molar-refractivity contribution is 5.31. The van der Waals surface area contributed by atoms with Crippen LogP contribution >= 0.6 is 0 Å². The average molecular weight is 258 g/mol. The fraction of sp³-hybridized carbons (Fsp3) is 0.400. The molecule has 2 aromatic heterocycles. The second-order valence-corrected chi connectivity index (χ2v) is 4.99. The fourth-order valence-electron chi connectivity index (χ4n) is 2.74. The maximum absolute atomic E-state index is 9.99. The number of rotatable bonds is 3. The van der Waals surface area contributed by atoms with E-state index >= 15 is 0 Å². The Balaban J connectivity index is 1.88. The number of hydrogen-bond donors (Lipinski definition) is 1. The van der Waals surface area contributed by atoms with Gasteiger partial charge >= 0.3 is 0 Å². The predicted molar refractivity (Wildman–Crippen MR) is 72.2 cm³/mol. The van der Waals surface area contributed by atoms with E-state index in [1.54, 1.807) is 13.3 Å². The van der Waals surface area contributed by atoms with E-state index in [-0.39, 0.29) is 6.10 Å². The molecule has 0 saturated heterocycles. The molecule has 19 heavy (non-hydrogen) atoms. The second-order valence-electron chi connectivity index (χ2n) is 4.99. The summed E-state index contributed by atoms with van der Waals surface area (Å²) in [6.45, 7) is 0.719. The highest BCUT2D eigenvalue weighted by Crippen LogP contribution is 2.30. The maximum Gasteiger partial charge on any atom is 0.218 e. The molecule has 4 heteroatoms. The number of aliphatic hydroxyl groups excluding tert-OH is 1. The summed E-state index contributed by atoms with van der Waals surface area (Å²) < 4.78 is 7.38. The lowest BCUT2D eigenvalue weighted by molar-refractivity contribution is 0.157. The van der Waals surface area contributed by atoms with Gasteiger partial charge in [-0.25, -0.2) is 4.98 Å². The Hall–Kier alpha value is -1.81. The van der Waals surface area contributed by atoms with E-state index < -0.39 is 0 Å². The first-order valence-electron chi connectivity index (χ1n) is 6.62. The molecule has 1 atom stereocenters. The van der Waals surface area contributed by atoms with E-state index in [4.69, 9.17) is 4.74 Å². The lowest BCUT2D eigenvalue weighted by Crippen LogP contribution is -2.05. The molecule has 0 radical (unpaired) electrons. The van der Waals surface area contributed by atoms with Crippen molar-refractivity contribution in [2.75, 3.05) is 7.11 Å². The summed E-state index contributed by atoms with van der Waals surface area (Å²) in [6.07, 6.45) is 8.59. The van der Waals surface area contributed by atoms with Crippen LogP contribution in [-0.2, 0) is 13.0 Å². The van der Waals surface area contributed by atoms with Gasteiger partial charge in [-0.2, -0.15) is 0 Å². The van der Waals surface area contributed by atoms with Gasteiger partial charge in [-0.3, -0.25) is 0 Å². The van der Waals surface area contributed by atoms with Gasteiger partial charge in [0.2, 0.25) is 5.88 Å². The molecule has 0 saturated carbocycles. The van der Waals surface area contributed by atoms with Crippen LogP contribution in [0.5, 0.6) is 5.88 Å². The molecule has 0 fully saturated rings. The highest BCUT2D eigenvalue weighted by atomic mass is 16.5. The van der Waals surface area contributed by atoms with E-state index in [1.165, 1.54) is 5.56 Å². The number of fused-ring (bicyclic) bond motifs is 1. The normalized spacial score (nSPS) is 18.1. The quantitative estimate of drug-likeness (QED) is 0.919. The van der Waals surface area contributed by atoms with E-state index in [0.29, 0.717) is 5.88 Å². The van der Waals surface area contributed by atoms with Crippen molar-refractivity contribution in [3.63, 3.8) is 0 Å². The van der Waals surface area contributed by atoms with E-state index in [0.717, 1.165) is 36.9 Å². The van der Waals surface area contributed by atoms with Crippen LogP contribution in [0.1, 0.15) is 35.6 Å². The summed E-state index contributed by atoms with van der Waals surface area (Å²) in [5.41, 5.74) is 3.39. The van der Waals surface area contributed by atoms with Crippen LogP contribution in [-0.4, -0.2) is 21.8 Å². The Morgan fingerprint density at radius 3 is 3.16 bits per heavy atom. The largest absolute Gasteiger partial charge is 0.481 e. The van der Waals surface area contributed by atoms with E-state index in [2.05, 4.69) is 15.7 Å². The topological polar surface area (TPSA) is 47.3 Å². The number of aliphatic hydroxyl groups is 1. The summed E-state index contributed by atoms with van der Waals surface area (Å²) in [5.74, 6) is 0.662. The summed E-state index contributed by atoms with van der Waals surface area (Å²) in [7, 11) is 1.64. The summed E-state index contributed by atoms with van der Waals surface area (Å²) in [6, 6.07) is 3.93. The van der Waals surface area contributed by atoms with Crippen molar-refractivity contribution in [3.05, 3.63) is 47.4 Å². The van der Waals surface area contributed by atoms with Gasteiger partial charge in [0.25, 0.3) is 0 Å². The number of aromatic nitrogens is 2. The number of aryl methyl sites for hydroxylation is 1. The van der Waals surface area contributed by atoms with E-state index in [1.807, 2.05) is 18.3 Å². The van der Waals surface area contributed by atoms with Crippen LogP contribution in [0.15, 0.2) is 30.7 Å². The molecule has 0 bridgehead atoms. The number of pyridine rings is 1. The van der Waals surface area contributed by atoms with Crippen molar-refractivity contribution in [1.29, 1.82) is 0 Å². The van der Waals surface area contributed by atoms with Crippen LogP contribution in [0.3, 0.4) is 0 Å². The molecule has 3 rings (SSSR count). The molecule has 1 aliphatic rings. The van der Waals surface area contributed by atoms with Crippen molar-refractivity contribution >= 4 is 0 Å². The van der Waals surface area contributed by atoms with Gasteiger partial charge < -0.3 is 14.4 Å². The zero-order valence-electron chi connectivity index (χ0n) is 11.0. The smallest absolute Gasteiger partial charge is 0.218 e. The Morgan fingerprint density at radius 2 is 2.37 bits per heavy atom. The number of ether oxygens (including phenoxy) is 1. The summed E-state index contributed by atoms with van der Waals surface area (Å²) in [4.78, 5) is 4.21. The minimum atomic E-state index is -0.305. The third-order valence-electron chi connectivity index (χ3n) is 3.68. The fourth-order valence-corrected chi connectivity index (χ4v) is 2.74. The maximum atomic E-state index is 9.99. The average Bonchev–Trinajstić information content (AvgIpc) is 2.83. The third-order valence-corrected chi connectivity index (χ3v) is 3.68. The minimum Gasteiger partial charge on any atom is -0.481 e. The van der Waals surface area contributed by atoms with E-state index in [9.17, 15) is 5.11 Å². The molecule has 1 N–H and O–H groups in total. The minimum absolute atomic E-state index is 0.305. The van der Waals surface area contributed by atoms with Crippen molar-refractivity contribution in [2.24, 2.45) is 0 Å². The highest BCUT2D eigenvalue weighted by Gasteiger charge is 2.20. The Morgan fingerprint density at radius 1 is 1.47 bits per heavy atom. The number of hydrogen-bond acceptors (Lipinski definition) is 3. The van der Waals surface area contributed by atoms with Gasteiger partial charge in [0.1, 0.15) is 0 Å². The predicted octanol–water partition coefficient (Wildman–Crippen LogP) is 2.31. The standard InChI is InChI=1S/C15H18N2O2/c1-19-15-12(5-3-7-16-15)9-17-8-11-4-2-6-14(18)13(11)10-17/h3,5,7-8,10,14,18H,2,4,6,9H2,1H3. The monoisotopic (exact) mass is 258 g/mol. The van der Waals surface area contributed by atoms with Gasteiger partial charge in [0, 0.05) is 29.7 Å². The molecular formula is C15H18N2O2. The molecule has 0 amide bonds. The zero-order valence-corrected chi connectivity index (χ0v) is 11.0. The first kappa shape index (κ1) is 12.2. The summed E-state index contributed by atoms with van der Waals surface area (Å²) >= 11 is 0. The number of methoxy groups -OCH3 is 1. The molecule has 1 aliphatic carbocycles. The summed E-state index contributed by atoms with van der Waals surface area (Å²) in [5, 5.41) is 9.99. The first-order valence-corrected chi connectivity index (χ1v) is 6.62. The van der Waals surface area contributed by atoms with Gasteiger partial charge in [-0.1, -0.05) is 6.07 Å². The van der Waals surface area contributed by atoms with Crippen molar-refractivity contribution < 1.29 is 9.84 Å². The molecule has 0 aliphatic heterocycles. The third kappa shape index (κ3) is 2.36. The molecule has 2 aromatic rings. The molecule has 1 unspecified atom stereocenters. The molecular weight excluding hydrogens is 240 g/mol. The zero-order chi connectivity index (χ0) is 13.2. The van der Waals surface area contributed by atoms with Gasteiger partial charge in [-0.05, 0) is 30.9 Å². The molecule has 100 valence electrons. The molecule has 4 nitrogen and oxygen atoms in total. The van der Waals surface area contributed by atoms with Crippen LogP contribution < -0.4 is 4.74 Å². The van der Waals surface area contributed by atoms with Crippen LogP contribution in [0.2, 0.25) is 0 Å². The Labute approximate surface area is 112 Å². The molecule has 0 aromatic carbocycles. The first-order chi connectivity index (χ1) is 9.28. The van der Waals surface area contributed by atoms with Crippen LogP contribution in [0, 0.1) is 0 Å². The Kier molecular flexibility index (Phi) is 3.25. The van der Waals surface area contributed by atoms with Crippen LogP contribution in [0.4, 0.5) is 0 Å².